The molecule has 0 bridgehead atoms. The predicted molar refractivity (Wildman–Crippen MR) is 90.7 cm³/mol. The van der Waals surface area contributed by atoms with Crippen LogP contribution in [-0.4, -0.2) is 49.7 Å². The average molecular weight is 338 g/mol. The smallest absolute Gasteiger partial charge is 0.289 e. The van der Waals surface area contributed by atoms with Gasteiger partial charge >= 0.3 is 0 Å². The van der Waals surface area contributed by atoms with E-state index in [2.05, 4.69) is 31.5 Å². The molecule has 2 aliphatic heterocycles. The Bertz CT molecular complexity index is 784. The van der Waals surface area contributed by atoms with Crippen molar-refractivity contribution in [1.29, 1.82) is 0 Å². The van der Waals surface area contributed by atoms with Gasteiger partial charge in [-0.1, -0.05) is 6.07 Å². The van der Waals surface area contributed by atoms with Gasteiger partial charge < -0.3 is 9.88 Å². The van der Waals surface area contributed by atoms with Crippen LogP contribution in [0.25, 0.3) is 0 Å². The topological polar surface area (TPSA) is 75.9 Å². The molecule has 1 aliphatic carbocycles. The molecule has 1 saturated heterocycles. The van der Waals surface area contributed by atoms with Gasteiger partial charge in [-0.15, -0.1) is 10.2 Å². The first-order valence-corrected chi connectivity index (χ1v) is 9.10. The number of nitrogens with one attached hydrogen (secondary N) is 1. The van der Waals surface area contributed by atoms with E-state index < -0.39 is 0 Å². The molecule has 25 heavy (non-hydrogen) atoms. The number of nitrogens with zero attached hydrogens (tertiary/aromatic N) is 5. The number of carbonyl (C=O) groups excluding carboxylic acids is 1. The summed E-state index contributed by atoms with van der Waals surface area (Å²) in [6.07, 6.45) is 6.84. The van der Waals surface area contributed by atoms with Gasteiger partial charge in [0.2, 0.25) is 5.82 Å². The summed E-state index contributed by atoms with van der Waals surface area (Å²) in [6, 6.07) is 4.47. The molecule has 2 aromatic heterocycles. The van der Waals surface area contributed by atoms with E-state index >= 15 is 0 Å². The highest BCUT2D eigenvalue weighted by Crippen LogP contribution is 2.33. The van der Waals surface area contributed by atoms with E-state index in [0.717, 1.165) is 51.3 Å². The van der Waals surface area contributed by atoms with Gasteiger partial charge in [0.05, 0.1) is 0 Å². The summed E-state index contributed by atoms with van der Waals surface area (Å²) < 4.78 is 2.05. The van der Waals surface area contributed by atoms with Gasteiger partial charge in [-0.05, 0) is 36.3 Å². The fourth-order valence-corrected chi connectivity index (χ4v) is 4.15. The van der Waals surface area contributed by atoms with E-state index in [0.29, 0.717) is 23.7 Å². The van der Waals surface area contributed by atoms with Crippen molar-refractivity contribution in [2.45, 2.75) is 38.4 Å². The predicted octanol–water partition coefficient (Wildman–Crippen LogP) is 0.870. The van der Waals surface area contributed by atoms with Crippen molar-refractivity contribution in [2.75, 3.05) is 13.1 Å². The van der Waals surface area contributed by atoms with Crippen LogP contribution in [0.4, 0.5) is 0 Å². The van der Waals surface area contributed by atoms with Crippen LogP contribution >= 0.6 is 0 Å². The van der Waals surface area contributed by atoms with Gasteiger partial charge in [-0.3, -0.25) is 14.7 Å². The summed E-state index contributed by atoms with van der Waals surface area (Å²) in [6.45, 7) is 3.93. The molecular weight excluding hydrogens is 316 g/mol. The largest absolute Gasteiger partial charge is 0.347 e. The second kappa shape index (κ2) is 5.91. The van der Waals surface area contributed by atoms with Crippen LogP contribution in [0, 0.1) is 11.8 Å². The normalized spacial score (nSPS) is 25.4. The summed E-state index contributed by atoms with van der Waals surface area (Å²) in [7, 11) is 0. The van der Waals surface area contributed by atoms with E-state index in [-0.39, 0.29) is 5.91 Å². The van der Waals surface area contributed by atoms with Gasteiger partial charge in [0.15, 0.2) is 0 Å². The Kier molecular flexibility index (Phi) is 3.55. The molecule has 0 spiro atoms. The zero-order valence-electron chi connectivity index (χ0n) is 14.1. The van der Waals surface area contributed by atoms with Crippen molar-refractivity contribution in [1.82, 2.24) is 30.0 Å². The first kappa shape index (κ1) is 15.0. The molecule has 1 N–H and O–H groups in total. The van der Waals surface area contributed by atoms with Gasteiger partial charge in [0.25, 0.3) is 5.91 Å². The second-order valence-electron chi connectivity index (χ2n) is 7.58. The number of pyridine rings is 1. The van der Waals surface area contributed by atoms with Gasteiger partial charge in [-0.2, -0.15) is 0 Å². The molecule has 2 atom stereocenters. The molecule has 0 aromatic carbocycles. The van der Waals surface area contributed by atoms with Crippen molar-refractivity contribution in [3.8, 4) is 0 Å². The van der Waals surface area contributed by atoms with E-state index in [1.54, 1.807) is 0 Å². The van der Waals surface area contributed by atoms with Crippen LogP contribution in [0.3, 0.4) is 0 Å². The molecular formula is C18H22N6O. The molecule has 0 radical (unpaired) electrons. The van der Waals surface area contributed by atoms with Crippen molar-refractivity contribution < 1.29 is 4.79 Å². The minimum Gasteiger partial charge on any atom is -0.347 e. The quantitative estimate of drug-likeness (QED) is 0.895. The molecule has 3 aliphatic rings. The Balaban J connectivity index is 1.28. The Morgan fingerprint density at radius 1 is 1.20 bits per heavy atom. The molecule has 0 unspecified atom stereocenters. The molecule has 1 amide bonds. The van der Waals surface area contributed by atoms with Crippen molar-refractivity contribution in [3.63, 3.8) is 0 Å². The summed E-state index contributed by atoms with van der Waals surface area (Å²) in [4.78, 5) is 19.1. The number of aromatic nitrogens is 4. The van der Waals surface area contributed by atoms with Crippen molar-refractivity contribution >= 4 is 5.91 Å². The van der Waals surface area contributed by atoms with E-state index in [4.69, 9.17) is 0 Å². The zero-order chi connectivity index (χ0) is 16.8. The molecule has 5 rings (SSSR count). The second-order valence-corrected chi connectivity index (χ2v) is 7.58. The first-order valence-electron chi connectivity index (χ1n) is 9.10. The minimum absolute atomic E-state index is 0.0649. The Morgan fingerprint density at radius 3 is 2.88 bits per heavy atom. The standard InChI is InChI=1S/C18H22N6O/c25-18(20-15-3-4-15)17-22-21-16-6-13-9-23(10-14(13)11-24(16)17)8-12-2-1-5-19-7-12/h1-2,5,7,13-15H,3-4,6,8-11H2,(H,20,25)/t13-,14+/m1/s1. The number of rotatable bonds is 4. The van der Waals surface area contributed by atoms with Crippen LogP contribution in [0.2, 0.25) is 0 Å². The lowest BCUT2D eigenvalue weighted by molar-refractivity contribution is 0.0932. The molecule has 7 nitrogen and oxygen atoms in total. The summed E-state index contributed by atoms with van der Waals surface area (Å²) in [5, 5.41) is 11.5. The Hall–Kier alpha value is -2.28. The third-order valence-corrected chi connectivity index (χ3v) is 5.59. The van der Waals surface area contributed by atoms with Crippen LogP contribution in [0.15, 0.2) is 24.5 Å². The summed E-state index contributed by atoms with van der Waals surface area (Å²) in [5.74, 6) is 2.56. The average Bonchev–Trinajstić information content (AvgIpc) is 3.19. The number of carbonyl (C=O) groups is 1. The SMILES string of the molecule is O=C(NC1CC1)c1nnc2n1C[C@@H]1CN(Cc3cccnc3)C[C@H]1C2. The third kappa shape index (κ3) is 2.93. The number of likely N-dealkylation sites (tertiary alicyclic amines) is 1. The van der Waals surface area contributed by atoms with Gasteiger partial charge in [-0.25, -0.2) is 0 Å². The first-order chi connectivity index (χ1) is 12.3. The fourth-order valence-electron chi connectivity index (χ4n) is 4.15. The lowest BCUT2D eigenvalue weighted by Gasteiger charge is -2.25. The molecule has 7 heteroatoms. The number of hydrogen-bond donors (Lipinski definition) is 1. The van der Waals surface area contributed by atoms with E-state index in [9.17, 15) is 4.79 Å². The monoisotopic (exact) mass is 338 g/mol. The van der Waals surface area contributed by atoms with E-state index in [1.165, 1.54) is 5.56 Å². The Morgan fingerprint density at radius 2 is 2.08 bits per heavy atom. The number of hydrogen-bond acceptors (Lipinski definition) is 5. The van der Waals surface area contributed by atoms with Crippen LogP contribution in [0.5, 0.6) is 0 Å². The van der Waals surface area contributed by atoms with Gasteiger partial charge in [0.1, 0.15) is 5.82 Å². The summed E-state index contributed by atoms with van der Waals surface area (Å²) in [5.41, 5.74) is 1.25. The maximum absolute atomic E-state index is 12.4. The van der Waals surface area contributed by atoms with Gasteiger partial charge in [0, 0.05) is 51.0 Å². The maximum Gasteiger partial charge on any atom is 0.289 e. The van der Waals surface area contributed by atoms with Crippen molar-refractivity contribution in [2.24, 2.45) is 11.8 Å². The molecule has 4 heterocycles. The van der Waals surface area contributed by atoms with Crippen molar-refractivity contribution in [3.05, 3.63) is 41.7 Å². The van der Waals surface area contributed by atoms with Crippen LogP contribution < -0.4 is 5.32 Å². The maximum atomic E-state index is 12.4. The van der Waals surface area contributed by atoms with E-state index in [1.807, 2.05) is 23.0 Å². The van der Waals surface area contributed by atoms with Crippen LogP contribution in [0.1, 0.15) is 34.8 Å². The summed E-state index contributed by atoms with van der Waals surface area (Å²) >= 11 is 0. The molecule has 2 fully saturated rings. The highest BCUT2D eigenvalue weighted by molar-refractivity contribution is 5.91. The zero-order valence-corrected chi connectivity index (χ0v) is 14.1. The highest BCUT2D eigenvalue weighted by atomic mass is 16.2. The molecule has 1 saturated carbocycles. The highest BCUT2D eigenvalue weighted by Gasteiger charge is 2.39. The third-order valence-electron chi connectivity index (χ3n) is 5.59. The Labute approximate surface area is 146 Å². The van der Waals surface area contributed by atoms with Crippen LogP contribution in [-0.2, 0) is 19.5 Å². The molecule has 130 valence electrons. The number of amides is 1. The fraction of sp³-hybridized carbons (Fsp3) is 0.556. The number of fused-ring (bicyclic) bond motifs is 2. The lowest BCUT2D eigenvalue weighted by Crippen LogP contribution is -2.33. The minimum atomic E-state index is -0.0649. The molecule has 2 aromatic rings. The lowest BCUT2D eigenvalue weighted by atomic mass is 9.89.